The van der Waals surface area contributed by atoms with Crippen LogP contribution < -0.4 is 5.32 Å². The lowest BCUT2D eigenvalue weighted by Gasteiger charge is -2.26. The summed E-state index contributed by atoms with van der Waals surface area (Å²) in [5.74, 6) is 1.82. The molecule has 78 valence electrons. The number of rotatable bonds is 5. The molecule has 0 aromatic carbocycles. The van der Waals surface area contributed by atoms with E-state index in [0.29, 0.717) is 6.54 Å². The van der Waals surface area contributed by atoms with E-state index in [0.717, 1.165) is 18.4 Å². The SMILES string of the molecule is CC1CCCC(CCNCCF)C1. The Kier molecular flexibility index (Phi) is 5.37. The summed E-state index contributed by atoms with van der Waals surface area (Å²) >= 11 is 0. The standard InChI is InChI=1S/C11H22FN/c1-10-3-2-4-11(9-10)5-7-13-8-6-12/h10-11,13H,2-9H2,1H3. The third-order valence-electron chi connectivity index (χ3n) is 3.05. The van der Waals surface area contributed by atoms with E-state index < -0.39 is 0 Å². The molecule has 0 radical (unpaired) electrons. The average molecular weight is 187 g/mol. The first kappa shape index (κ1) is 11.0. The molecule has 1 fully saturated rings. The van der Waals surface area contributed by atoms with Crippen LogP contribution in [0.25, 0.3) is 0 Å². The smallest absolute Gasteiger partial charge is 0.102 e. The highest BCUT2D eigenvalue weighted by molar-refractivity contribution is 4.71. The number of alkyl halides is 1. The summed E-state index contributed by atoms with van der Waals surface area (Å²) < 4.78 is 11.8. The first-order valence-corrected chi connectivity index (χ1v) is 5.59. The first-order chi connectivity index (χ1) is 6.33. The second-order valence-electron chi connectivity index (χ2n) is 4.37. The fraction of sp³-hybridized carbons (Fsp3) is 1.00. The van der Waals surface area contributed by atoms with Crippen molar-refractivity contribution >= 4 is 0 Å². The Hall–Kier alpha value is -0.110. The van der Waals surface area contributed by atoms with E-state index in [-0.39, 0.29) is 6.67 Å². The van der Waals surface area contributed by atoms with Crippen LogP contribution in [0, 0.1) is 11.8 Å². The maximum Gasteiger partial charge on any atom is 0.102 e. The Balaban J connectivity index is 2.00. The second kappa shape index (κ2) is 6.36. The molecule has 1 aliphatic rings. The van der Waals surface area contributed by atoms with Crippen molar-refractivity contribution in [2.75, 3.05) is 19.8 Å². The minimum absolute atomic E-state index is 0.235. The van der Waals surface area contributed by atoms with Gasteiger partial charge >= 0.3 is 0 Å². The van der Waals surface area contributed by atoms with Crippen LogP contribution in [0.3, 0.4) is 0 Å². The van der Waals surface area contributed by atoms with Gasteiger partial charge in [-0.25, -0.2) is 4.39 Å². The Morgan fingerprint density at radius 3 is 2.85 bits per heavy atom. The maximum absolute atomic E-state index is 11.8. The normalized spacial score (nSPS) is 29.1. The Bertz CT molecular complexity index is 127. The van der Waals surface area contributed by atoms with E-state index in [1.54, 1.807) is 0 Å². The van der Waals surface area contributed by atoms with E-state index >= 15 is 0 Å². The number of hydrogen-bond acceptors (Lipinski definition) is 1. The lowest BCUT2D eigenvalue weighted by molar-refractivity contribution is 0.267. The van der Waals surface area contributed by atoms with Crippen molar-refractivity contribution in [2.24, 2.45) is 11.8 Å². The third kappa shape index (κ3) is 4.61. The van der Waals surface area contributed by atoms with Crippen LogP contribution in [0.1, 0.15) is 39.0 Å². The Labute approximate surface area is 81.1 Å². The van der Waals surface area contributed by atoms with E-state index in [1.807, 2.05) is 0 Å². The monoisotopic (exact) mass is 187 g/mol. The van der Waals surface area contributed by atoms with Gasteiger partial charge in [0.2, 0.25) is 0 Å². The maximum atomic E-state index is 11.8. The van der Waals surface area contributed by atoms with Gasteiger partial charge in [-0.2, -0.15) is 0 Å². The third-order valence-corrected chi connectivity index (χ3v) is 3.05. The molecule has 0 bridgehead atoms. The van der Waals surface area contributed by atoms with E-state index in [1.165, 1.54) is 32.1 Å². The van der Waals surface area contributed by atoms with Gasteiger partial charge in [0, 0.05) is 6.54 Å². The lowest BCUT2D eigenvalue weighted by Crippen LogP contribution is -2.22. The van der Waals surface area contributed by atoms with E-state index in [2.05, 4.69) is 12.2 Å². The van der Waals surface area contributed by atoms with Gasteiger partial charge in [-0.1, -0.05) is 26.2 Å². The van der Waals surface area contributed by atoms with E-state index in [9.17, 15) is 4.39 Å². The molecule has 0 amide bonds. The molecule has 2 heteroatoms. The van der Waals surface area contributed by atoms with Crippen molar-refractivity contribution in [3.8, 4) is 0 Å². The predicted molar refractivity (Wildman–Crippen MR) is 54.6 cm³/mol. The molecule has 1 saturated carbocycles. The second-order valence-corrected chi connectivity index (χ2v) is 4.37. The van der Waals surface area contributed by atoms with Crippen molar-refractivity contribution in [3.05, 3.63) is 0 Å². The summed E-state index contributed by atoms with van der Waals surface area (Å²) in [5, 5.41) is 3.12. The zero-order valence-corrected chi connectivity index (χ0v) is 8.69. The van der Waals surface area contributed by atoms with Gasteiger partial charge in [0.1, 0.15) is 6.67 Å². The molecule has 0 spiro atoms. The molecular weight excluding hydrogens is 165 g/mol. The molecule has 2 atom stereocenters. The molecule has 1 aliphatic carbocycles. The van der Waals surface area contributed by atoms with Gasteiger partial charge in [-0.15, -0.1) is 0 Å². The first-order valence-electron chi connectivity index (χ1n) is 5.59. The van der Waals surface area contributed by atoms with Gasteiger partial charge < -0.3 is 5.32 Å². The molecule has 2 unspecified atom stereocenters. The van der Waals surface area contributed by atoms with Crippen molar-refractivity contribution in [1.82, 2.24) is 5.32 Å². The molecule has 0 heterocycles. The Morgan fingerprint density at radius 2 is 2.15 bits per heavy atom. The minimum Gasteiger partial charge on any atom is -0.314 e. The van der Waals surface area contributed by atoms with Gasteiger partial charge in [0.25, 0.3) is 0 Å². The average Bonchev–Trinajstić information content (AvgIpc) is 2.13. The minimum atomic E-state index is -0.235. The highest BCUT2D eigenvalue weighted by atomic mass is 19.1. The summed E-state index contributed by atoms with van der Waals surface area (Å²) in [7, 11) is 0. The zero-order valence-electron chi connectivity index (χ0n) is 8.69. The molecule has 0 saturated heterocycles. The largest absolute Gasteiger partial charge is 0.314 e. The summed E-state index contributed by atoms with van der Waals surface area (Å²) in [4.78, 5) is 0. The number of nitrogens with one attached hydrogen (secondary N) is 1. The molecule has 1 rings (SSSR count). The number of halogens is 1. The van der Waals surface area contributed by atoms with E-state index in [4.69, 9.17) is 0 Å². The van der Waals surface area contributed by atoms with Crippen LogP contribution in [0.5, 0.6) is 0 Å². The molecule has 0 aromatic rings. The van der Waals surface area contributed by atoms with Crippen LogP contribution in [-0.2, 0) is 0 Å². The summed E-state index contributed by atoms with van der Waals surface area (Å²) in [6, 6.07) is 0. The number of hydrogen-bond donors (Lipinski definition) is 1. The fourth-order valence-electron chi connectivity index (χ4n) is 2.32. The molecule has 1 nitrogen and oxygen atoms in total. The molecule has 0 aromatic heterocycles. The van der Waals surface area contributed by atoms with Crippen molar-refractivity contribution < 1.29 is 4.39 Å². The fourth-order valence-corrected chi connectivity index (χ4v) is 2.32. The molecule has 0 aliphatic heterocycles. The van der Waals surface area contributed by atoms with Gasteiger partial charge in [-0.3, -0.25) is 0 Å². The summed E-state index contributed by atoms with van der Waals surface area (Å²) in [5.41, 5.74) is 0. The van der Waals surface area contributed by atoms with Crippen molar-refractivity contribution in [3.63, 3.8) is 0 Å². The van der Waals surface area contributed by atoms with Crippen LogP contribution in [0.15, 0.2) is 0 Å². The highest BCUT2D eigenvalue weighted by Crippen LogP contribution is 2.30. The summed E-state index contributed by atoms with van der Waals surface area (Å²) in [6.07, 6.45) is 6.83. The van der Waals surface area contributed by atoms with Crippen LogP contribution in [-0.4, -0.2) is 19.8 Å². The Morgan fingerprint density at radius 1 is 1.31 bits per heavy atom. The van der Waals surface area contributed by atoms with Crippen LogP contribution in [0.4, 0.5) is 4.39 Å². The van der Waals surface area contributed by atoms with Gasteiger partial charge in [0.15, 0.2) is 0 Å². The predicted octanol–water partition coefficient (Wildman–Crippen LogP) is 2.76. The molecular formula is C11H22FN. The quantitative estimate of drug-likeness (QED) is 0.653. The highest BCUT2D eigenvalue weighted by Gasteiger charge is 2.17. The summed E-state index contributed by atoms with van der Waals surface area (Å²) in [6.45, 7) is 3.64. The molecule has 1 N–H and O–H groups in total. The molecule has 13 heavy (non-hydrogen) atoms. The van der Waals surface area contributed by atoms with Gasteiger partial charge in [0.05, 0.1) is 0 Å². The van der Waals surface area contributed by atoms with Crippen LogP contribution >= 0.6 is 0 Å². The van der Waals surface area contributed by atoms with Crippen molar-refractivity contribution in [1.29, 1.82) is 0 Å². The van der Waals surface area contributed by atoms with Gasteiger partial charge in [-0.05, 0) is 31.2 Å². The van der Waals surface area contributed by atoms with Crippen molar-refractivity contribution in [2.45, 2.75) is 39.0 Å². The topological polar surface area (TPSA) is 12.0 Å². The van der Waals surface area contributed by atoms with Crippen LogP contribution in [0.2, 0.25) is 0 Å². The lowest BCUT2D eigenvalue weighted by atomic mass is 9.81. The zero-order chi connectivity index (χ0) is 9.52.